The third-order valence-corrected chi connectivity index (χ3v) is 3.35. The first kappa shape index (κ1) is 14.7. The molecule has 5 heteroatoms. The van der Waals surface area contributed by atoms with Crippen molar-refractivity contribution in [2.24, 2.45) is 0 Å². The zero-order valence-electron chi connectivity index (χ0n) is 10.6. The maximum atomic E-state index is 14.1. The van der Waals surface area contributed by atoms with Crippen LogP contribution in [-0.4, -0.2) is 12.9 Å². The lowest BCUT2D eigenvalue weighted by Crippen LogP contribution is -2.00. The second-order valence-corrected chi connectivity index (χ2v) is 4.89. The molecule has 0 atom stereocenters. The van der Waals surface area contributed by atoms with Gasteiger partial charge < -0.3 is 4.74 Å². The molecular formula is C15H11BrF2O2. The topological polar surface area (TPSA) is 26.3 Å². The Bertz CT molecular complexity index is 639. The molecule has 0 saturated heterocycles. The smallest absolute Gasteiger partial charge is 0.202 e. The van der Waals surface area contributed by atoms with Crippen LogP contribution in [0.5, 0.6) is 5.75 Å². The van der Waals surface area contributed by atoms with Gasteiger partial charge in [0.25, 0.3) is 0 Å². The molecular weight excluding hydrogens is 330 g/mol. The van der Waals surface area contributed by atoms with E-state index in [4.69, 9.17) is 4.74 Å². The zero-order chi connectivity index (χ0) is 14.7. The minimum atomic E-state index is -1.03. The van der Waals surface area contributed by atoms with E-state index in [1.54, 1.807) is 31.2 Å². The van der Waals surface area contributed by atoms with E-state index in [0.29, 0.717) is 21.9 Å². The van der Waals surface area contributed by atoms with Crippen LogP contribution in [0.3, 0.4) is 0 Å². The summed E-state index contributed by atoms with van der Waals surface area (Å²) in [6.45, 7) is 1.93. The standard InChI is InChI=1S/C15H11BrF2O2/c1-2-20-15-12(16)7-11(13(17)14(15)18)10-5-3-9(8-19)4-6-10/h3-8H,2H2,1H3. The van der Waals surface area contributed by atoms with Crippen LogP contribution in [0.4, 0.5) is 8.78 Å². The molecule has 2 aromatic rings. The Labute approximate surface area is 123 Å². The van der Waals surface area contributed by atoms with Crippen molar-refractivity contribution in [2.75, 3.05) is 6.61 Å². The van der Waals surface area contributed by atoms with E-state index in [0.717, 1.165) is 0 Å². The molecule has 0 aliphatic carbocycles. The molecule has 0 fully saturated rings. The van der Waals surface area contributed by atoms with Crippen LogP contribution < -0.4 is 4.74 Å². The average molecular weight is 341 g/mol. The van der Waals surface area contributed by atoms with Crippen LogP contribution in [0.15, 0.2) is 34.8 Å². The van der Waals surface area contributed by atoms with E-state index in [1.807, 2.05) is 0 Å². The van der Waals surface area contributed by atoms with Crippen LogP contribution >= 0.6 is 15.9 Å². The zero-order valence-corrected chi connectivity index (χ0v) is 12.2. The van der Waals surface area contributed by atoms with Crippen LogP contribution in [0.25, 0.3) is 11.1 Å². The first-order valence-corrected chi connectivity index (χ1v) is 6.73. The highest BCUT2D eigenvalue weighted by Gasteiger charge is 2.19. The van der Waals surface area contributed by atoms with Gasteiger partial charge in [-0.3, -0.25) is 4.79 Å². The van der Waals surface area contributed by atoms with Crippen molar-refractivity contribution in [1.29, 1.82) is 0 Å². The van der Waals surface area contributed by atoms with Gasteiger partial charge in [-0.1, -0.05) is 24.3 Å². The van der Waals surface area contributed by atoms with Crippen LogP contribution in [0.2, 0.25) is 0 Å². The average Bonchev–Trinajstić information content (AvgIpc) is 2.47. The van der Waals surface area contributed by atoms with E-state index in [1.165, 1.54) is 6.07 Å². The highest BCUT2D eigenvalue weighted by molar-refractivity contribution is 9.10. The summed E-state index contributed by atoms with van der Waals surface area (Å²) >= 11 is 3.17. The number of hydrogen-bond donors (Lipinski definition) is 0. The van der Waals surface area contributed by atoms with Gasteiger partial charge in [-0.15, -0.1) is 0 Å². The fraction of sp³-hybridized carbons (Fsp3) is 0.133. The molecule has 0 heterocycles. The number of rotatable bonds is 4. The van der Waals surface area contributed by atoms with Crippen LogP contribution in [0, 0.1) is 11.6 Å². The molecule has 0 unspecified atom stereocenters. The van der Waals surface area contributed by atoms with E-state index >= 15 is 0 Å². The van der Waals surface area contributed by atoms with Gasteiger partial charge in [-0.05, 0) is 34.5 Å². The van der Waals surface area contributed by atoms with Crippen molar-refractivity contribution in [3.8, 4) is 16.9 Å². The third-order valence-electron chi connectivity index (χ3n) is 2.76. The van der Waals surface area contributed by atoms with Gasteiger partial charge in [0.2, 0.25) is 5.82 Å². The summed E-state index contributed by atoms with van der Waals surface area (Å²) in [6.07, 6.45) is 0.689. The number of ether oxygens (including phenoxy) is 1. The highest BCUT2D eigenvalue weighted by atomic mass is 79.9. The van der Waals surface area contributed by atoms with Crippen molar-refractivity contribution >= 4 is 22.2 Å². The Morgan fingerprint density at radius 3 is 2.40 bits per heavy atom. The summed E-state index contributed by atoms with van der Waals surface area (Å²) in [5, 5.41) is 0. The Balaban J connectivity index is 2.54. The first-order valence-electron chi connectivity index (χ1n) is 5.94. The summed E-state index contributed by atoms with van der Waals surface area (Å²) < 4.78 is 33.5. The molecule has 20 heavy (non-hydrogen) atoms. The van der Waals surface area contributed by atoms with E-state index in [-0.39, 0.29) is 17.9 Å². The van der Waals surface area contributed by atoms with E-state index in [2.05, 4.69) is 15.9 Å². The number of benzene rings is 2. The number of carbonyl (C=O) groups is 1. The molecule has 0 spiro atoms. The Hall–Kier alpha value is -1.75. The summed E-state index contributed by atoms with van der Waals surface area (Å²) in [7, 11) is 0. The maximum Gasteiger partial charge on any atom is 0.202 e. The summed E-state index contributed by atoms with van der Waals surface area (Å²) in [4.78, 5) is 10.6. The number of carbonyl (C=O) groups excluding carboxylic acids is 1. The molecule has 2 aromatic carbocycles. The summed E-state index contributed by atoms with van der Waals surface area (Å²) in [6, 6.07) is 7.68. The minimum Gasteiger partial charge on any atom is -0.489 e. The Kier molecular flexibility index (Phi) is 4.49. The van der Waals surface area contributed by atoms with Crippen molar-refractivity contribution in [3.63, 3.8) is 0 Å². The van der Waals surface area contributed by atoms with Crippen molar-refractivity contribution in [1.82, 2.24) is 0 Å². The first-order chi connectivity index (χ1) is 9.58. The van der Waals surface area contributed by atoms with Gasteiger partial charge in [0.1, 0.15) is 6.29 Å². The molecule has 0 aliphatic rings. The van der Waals surface area contributed by atoms with Crippen molar-refractivity contribution in [2.45, 2.75) is 6.92 Å². The molecule has 0 aromatic heterocycles. The van der Waals surface area contributed by atoms with Gasteiger partial charge in [-0.2, -0.15) is 4.39 Å². The summed E-state index contributed by atoms with van der Waals surface area (Å²) in [5.41, 5.74) is 1.06. The molecule has 104 valence electrons. The SMILES string of the molecule is CCOc1c(Br)cc(-c2ccc(C=O)cc2)c(F)c1F. The van der Waals surface area contributed by atoms with Crippen molar-refractivity contribution < 1.29 is 18.3 Å². The number of aldehydes is 1. The molecule has 0 amide bonds. The Morgan fingerprint density at radius 2 is 1.85 bits per heavy atom. The molecule has 0 saturated carbocycles. The predicted octanol–water partition coefficient (Wildman–Crippen LogP) is 4.61. The second-order valence-electron chi connectivity index (χ2n) is 4.04. The number of hydrogen-bond acceptors (Lipinski definition) is 2. The van der Waals surface area contributed by atoms with Gasteiger partial charge >= 0.3 is 0 Å². The molecule has 2 nitrogen and oxygen atoms in total. The summed E-state index contributed by atoms with van der Waals surface area (Å²) in [5.74, 6) is -2.15. The van der Waals surface area contributed by atoms with E-state index in [9.17, 15) is 13.6 Å². The lowest BCUT2D eigenvalue weighted by molar-refractivity contribution is 0.112. The normalized spacial score (nSPS) is 10.4. The third kappa shape index (κ3) is 2.72. The van der Waals surface area contributed by atoms with Gasteiger partial charge in [0.05, 0.1) is 11.1 Å². The molecule has 0 radical (unpaired) electrons. The fourth-order valence-corrected chi connectivity index (χ4v) is 2.32. The molecule has 0 bridgehead atoms. The highest BCUT2D eigenvalue weighted by Crippen LogP contribution is 2.36. The second kappa shape index (κ2) is 6.13. The molecule has 0 aliphatic heterocycles. The van der Waals surface area contributed by atoms with Crippen molar-refractivity contribution in [3.05, 3.63) is 52.0 Å². The van der Waals surface area contributed by atoms with Gasteiger partial charge in [-0.25, -0.2) is 4.39 Å². The quantitative estimate of drug-likeness (QED) is 0.600. The fourth-order valence-electron chi connectivity index (χ4n) is 1.81. The minimum absolute atomic E-state index is 0.107. The Morgan fingerprint density at radius 1 is 1.20 bits per heavy atom. The van der Waals surface area contributed by atoms with E-state index < -0.39 is 11.6 Å². The maximum absolute atomic E-state index is 14.1. The lowest BCUT2D eigenvalue weighted by Gasteiger charge is -2.11. The van der Waals surface area contributed by atoms with Gasteiger partial charge in [0.15, 0.2) is 11.6 Å². The number of halogens is 3. The predicted molar refractivity (Wildman–Crippen MR) is 76.1 cm³/mol. The molecule has 0 N–H and O–H groups in total. The van der Waals surface area contributed by atoms with Crippen LogP contribution in [-0.2, 0) is 0 Å². The largest absolute Gasteiger partial charge is 0.489 e. The monoisotopic (exact) mass is 340 g/mol. The van der Waals surface area contributed by atoms with Gasteiger partial charge in [0, 0.05) is 11.1 Å². The molecule has 2 rings (SSSR count). The lowest BCUT2D eigenvalue weighted by atomic mass is 10.0. The van der Waals surface area contributed by atoms with Crippen LogP contribution in [0.1, 0.15) is 17.3 Å².